The second kappa shape index (κ2) is 3.30. The highest BCUT2D eigenvalue weighted by atomic mass is 32.3. The van der Waals surface area contributed by atoms with Crippen molar-refractivity contribution in [2.75, 3.05) is 12.5 Å². The normalized spacial score (nSPS) is 13.1. The molecule has 0 unspecified atom stereocenters. The van der Waals surface area contributed by atoms with Crippen LogP contribution in [0.1, 0.15) is 0 Å². The summed E-state index contributed by atoms with van der Waals surface area (Å²) in [5.41, 5.74) is 0. The van der Waals surface area contributed by atoms with E-state index in [1.807, 2.05) is 30.7 Å². The Morgan fingerprint density at radius 2 is 1.57 bits per heavy atom. The SMILES string of the molecule is CS(C)(O)c1ccc2ccccc2c1. The Kier molecular flexibility index (Phi) is 2.25. The Labute approximate surface area is 85.9 Å². The van der Waals surface area contributed by atoms with E-state index < -0.39 is 10.3 Å². The predicted octanol–water partition coefficient (Wildman–Crippen LogP) is 3.74. The molecule has 1 N–H and O–H groups in total. The summed E-state index contributed by atoms with van der Waals surface area (Å²) in [5, 5.41) is 2.42. The fraction of sp³-hybridized carbons (Fsp3) is 0.167. The largest absolute Gasteiger partial charge is 0.348 e. The molecule has 0 atom stereocenters. The molecule has 2 aromatic rings. The van der Waals surface area contributed by atoms with Gasteiger partial charge in [0.25, 0.3) is 0 Å². The summed E-state index contributed by atoms with van der Waals surface area (Å²) >= 11 is 0. The smallest absolute Gasteiger partial charge is 0.0126 e. The van der Waals surface area contributed by atoms with Crippen LogP contribution in [0.25, 0.3) is 10.8 Å². The second-order valence-corrected chi connectivity index (χ2v) is 6.80. The van der Waals surface area contributed by atoms with Gasteiger partial charge in [0, 0.05) is 4.90 Å². The Hall–Kier alpha value is -0.990. The molecule has 2 aromatic carbocycles. The number of hydrogen-bond donors (Lipinski definition) is 1. The van der Waals surface area contributed by atoms with Crippen molar-refractivity contribution in [3.8, 4) is 0 Å². The zero-order valence-electron chi connectivity index (χ0n) is 8.40. The molecular formula is C12H14OS. The molecule has 0 heterocycles. The Morgan fingerprint density at radius 1 is 0.929 bits per heavy atom. The quantitative estimate of drug-likeness (QED) is 0.753. The van der Waals surface area contributed by atoms with Crippen LogP contribution in [0, 0.1) is 0 Å². The summed E-state index contributed by atoms with van der Waals surface area (Å²) in [7, 11) is -1.59. The van der Waals surface area contributed by atoms with Gasteiger partial charge in [0.15, 0.2) is 0 Å². The molecule has 0 bridgehead atoms. The van der Waals surface area contributed by atoms with Crippen molar-refractivity contribution in [2.24, 2.45) is 0 Å². The Morgan fingerprint density at radius 3 is 2.21 bits per heavy atom. The van der Waals surface area contributed by atoms with Gasteiger partial charge in [-0.25, -0.2) is 0 Å². The molecule has 0 saturated carbocycles. The van der Waals surface area contributed by atoms with Gasteiger partial charge in [-0.1, -0.05) is 30.3 Å². The van der Waals surface area contributed by atoms with Gasteiger partial charge < -0.3 is 4.55 Å². The van der Waals surface area contributed by atoms with Crippen molar-refractivity contribution < 1.29 is 4.55 Å². The molecular weight excluding hydrogens is 192 g/mol. The summed E-state index contributed by atoms with van der Waals surface area (Å²) < 4.78 is 9.93. The standard InChI is InChI=1S/C12H14OS/c1-14(2,13)12-8-7-10-5-3-4-6-11(10)9-12/h3-9,13H,1-2H3. The third-order valence-electron chi connectivity index (χ3n) is 2.30. The van der Waals surface area contributed by atoms with Crippen molar-refractivity contribution in [2.45, 2.75) is 4.90 Å². The molecule has 0 radical (unpaired) electrons. The van der Waals surface area contributed by atoms with Gasteiger partial charge in [0.1, 0.15) is 0 Å². The molecule has 0 amide bonds. The van der Waals surface area contributed by atoms with Gasteiger partial charge in [-0.05, 0) is 35.4 Å². The lowest BCUT2D eigenvalue weighted by atomic mass is 10.1. The Bertz CT molecular complexity index is 457. The third kappa shape index (κ3) is 1.76. The van der Waals surface area contributed by atoms with E-state index in [1.165, 1.54) is 10.8 Å². The van der Waals surface area contributed by atoms with Crippen LogP contribution in [0.2, 0.25) is 0 Å². The van der Waals surface area contributed by atoms with Gasteiger partial charge in [0.05, 0.1) is 0 Å². The summed E-state index contributed by atoms with van der Waals surface area (Å²) in [6.07, 6.45) is 3.77. The minimum absolute atomic E-state index is 1.04. The van der Waals surface area contributed by atoms with Crippen LogP contribution in [0.15, 0.2) is 47.4 Å². The number of rotatable bonds is 1. The third-order valence-corrected chi connectivity index (χ3v) is 3.71. The first kappa shape index (κ1) is 9.56. The zero-order valence-corrected chi connectivity index (χ0v) is 9.21. The van der Waals surface area contributed by atoms with Gasteiger partial charge in [-0.15, -0.1) is 10.3 Å². The molecule has 0 aromatic heterocycles. The highest BCUT2D eigenvalue weighted by Crippen LogP contribution is 2.45. The molecule has 0 fully saturated rings. The zero-order chi connectivity index (χ0) is 10.2. The number of hydrogen-bond acceptors (Lipinski definition) is 1. The minimum atomic E-state index is -1.59. The molecule has 0 spiro atoms. The fourth-order valence-corrected chi connectivity index (χ4v) is 2.29. The predicted molar refractivity (Wildman–Crippen MR) is 64.3 cm³/mol. The molecule has 1 nitrogen and oxygen atoms in total. The van der Waals surface area contributed by atoms with Crippen LogP contribution in [-0.2, 0) is 0 Å². The lowest BCUT2D eigenvalue weighted by Crippen LogP contribution is -1.93. The molecule has 74 valence electrons. The second-order valence-electron chi connectivity index (χ2n) is 3.78. The van der Waals surface area contributed by atoms with Crippen LogP contribution in [0.3, 0.4) is 0 Å². The van der Waals surface area contributed by atoms with E-state index >= 15 is 0 Å². The summed E-state index contributed by atoms with van der Waals surface area (Å²) in [4.78, 5) is 1.04. The van der Waals surface area contributed by atoms with Crippen LogP contribution in [-0.4, -0.2) is 17.1 Å². The van der Waals surface area contributed by atoms with Gasteiger partial charge in [-0.2, -0.15) is 0 Å². The maximum Gasteiger partial charge on any atom is 0.0126 e. The van der Waals surface area contributed by atoms with E-state index in [0.29, 0.717) is 0 Å². The van der Waals surface area contributed by atoms with Gasteiger partial charge >= 0.3 is 0 Å². The van der Waals surface area contributed by atoms with Crippen molar-refractivity contribution in [1.29, 1.82) is 0 Å². The average molecular weight is 206 g/mol. The van der Waals surface area contributed by atoms with Crippen LogP contribution in [0.5, 0.6) is 0 Å². The molecule has 0 saturated heterocycles. The maximum absolute atomic E-state index is 9.93. The van der Waals surface area contributed by atoms with Gasteiger partial charge in [-0.3, -0.25) is 0 Å². The number of benzene rings is 2. The number of fused-ring (bicyclic) bond motifs is 1. The Balaban J connectivity index is 2.63. The van der Waals surface area contributed by atoms with E-state index in [0.717, 1.165) is 4.90 Å². The molecule has 0 aliphatic heterocycles. The van der Waals surface area contributed by atoms with E-state index in [1.54, 1.807) is 0 Å². The molecule has 2 rings (SSSR count). The first-order valence-corrected chi connectivity index (χ1v) is 6.92. The molecule has 14 heavy (non-hydrogen) atoms. The van der Waals surface area contributed by atoms with E-state index in [2.05, 4.69) is 24.3 Å². The van der Waals surface area contributed by atoms with E-state index in [4.69, 9.17) is 0 Å². The lowest BCUT2D eigenvalue weighted by molar-refractivity contribution is 0.637. The van der Waals surface area contributed by atoms with Crippen molar-refractivity contribution in [1.82, 2.24) is 0 Å². The first-order chi connectivity index (χ1) is 6.57. The molecule has 0 aliphatic carbocycles. The van der Waals surface area contributed by atoms with Crippen LogP contribution >= 0.6 is 10.3 Å². The maximum atomic E-state index is 9.93. The summed E-state index contributed by atoms with van der Waals surface area (Å²) in [5.74, 6) is 0. The average Bonchev–Trinajstić information content (AvgIpc) is 2.16. The van der Waals surface area contributed by atoms with Crippen molar-refractivity contribution in [3.05, 3.63) is 42.5 Å². The van der Waals surface area contributed by atoms with Crippen LogP contribution < -0.4 is 0 Å². The fourth-order valence-electron chi connectivity index (χ4n) is 1.48. The summed E-state index contributed by atoms with van der Waals surface area (Å²) in [6.45, 7) is 0. The lowest BCUT2D eigenvalue weighted by Gasteiger charge is -2.24. The van der Waals surface area contributed by atoms with E-state index in [-0.39, 0.29) is 0 Å². The molecule has 2 heteroatoms. The summed E-state index contributed by atoms with van der Waals surface area (Å²) in [6, 6.07) is 14.4. The first-order valence-electron chi connectivity index (χ1n) is 4.52. The highest BCUT2D eigenvalue weighted by molar-refractivity contribution is 8.28. The molecule has 0 aliphatic rings. The van der Waals surface area contributed by atoms with Gasteiger partial charge in [0.2, 0.25) is 0 Å². The highest BCUT2D eigenvalue weighted by Gasteiger charge is 2.09. The van der Waals surface area contributed by atoms with Crippen molar-refractivity contribution in [3.63, 3.8) is 0 Å². The minimum Gasteiger partial charge on any atom is -0.348 e. The van der Waals surface area contributed by atoms with E-state index in [9.17, 15) is 4.55 Å². The topological polar surface area (TPSA) is 20.2 Å². The monoisotopic (exact) mass is 206 g/mol. The van der Waals surface area contributed by atoms with Crippen LogP contribution in [0.4, 0.5) is 0 Å². The van der Waals surface area contributed by atoms with Crippen molar-refractivity contribution >= 4 is 21.1 Å².